The maximum absolute atomic E-state index is 13.8. The molecule has 3 aromatic rings. The molecule has 0 aliphatic heterocycles. The second-order valence-corrected chi connectivity index (χ2v) is 9.00. The molecule has 0 saturated heterocycles. The number of furan rings is 1. The number of rotatable bonds is 7. The Hall–Kier alpha value is -3.27. The maximum Gasteiger partial charge on any atom is 0.249 e. The molecule has 3 rings (SSSR count). The molecule has 0 saturated carbocycles. The molecule has 2 aromatic heterocycles. The molecule has 1 N–H and O–H groups in total. The van der Waals surface area contributed by atoms with E-state index in [1.807, 2.05) is 20.8 Å². The van der Waals surface area contributed by atoms with Crippen molar-refractivity contribution in [1.29, 1.82) is 0 Å². The van der Waals surface area contributed by atoms with Crippen molar-refractivity contribution in [3.63, 3.8) is 0 Å². The van der Waals surface area contributed by atoms with Crippen LogP contribution in [-0.2, 0) is 16.1 Å². The van der Waals surface area contributed by atoms with Gasteiger partial charge in [-0.15, -0.1) is 5.10 Å². The van der Waals surface area contributed by atoms with Crippen LogP contribution in [0.4, 0.5) is 10.1 Å². The molecule has 0 fully saturated rings. The molecule has 0 aliphatic carbocycles. The van der Waals surface area contributed by atoms with Crippen molar-refractivity contribution in [3.8, 4) is 11.6 Å². The zero-order chi connectivity index (χ0) is 24.3. The maximum atomic E-state index is 13.8. The third kappa shape index (κ3) is 5.75. The molecular formula is C22H26ClFN6O3. The summed E-state index contributed by atoms with van der Waals surface area (Å²) in [5, 5.41) is 14.2. The Balaban J connectivity index is 1.99. The fourth-order valence-electron chi connectivity index (χ4n) is 3.32. The van der Waals surface area contributed by atoms with Crippen LogP contribution >= 0.6 is 11.6 Å². The summed E-state index contributed by atoms with van der Waals surface area (Å²) in [5.41, 5.74) is -0.231. The highest BCUT2D eigenvalue weighted by atomic mass is 35.5. The topological polar surface area (TPSA) is 106 Å². The molecule has 1 atom stereocenters. The molecule has 0 radical (unpaired) electrons. The number of nitrogens with zero attached hydrogens (tertiary/aromatic N) is 5. The Labute approximate surface area is 195 Å². The fraction of sp³-hybridized carbons (Fsp3) is 0.409. The number of hydrogen-bond acceptors (Lipinski definition) is 6. The summed E-state index contributed by atoms with van der Waals surface area (Å²) in [6.45, 7) is 8.82. The number of hydrogen-bond donors (Lipinski definition) is 1. The van der Waals surface area contributed by atoms with Crippen LogP contribution in [-0.4, -0.2) is 43.6 Å². The van der Waals surface area contributed by atoms with E-state index in [0.29, 0.717) is 17.9 Å². The van der Waals surface area contributed by atoms with Crippen molar-refractivity contribution >= 4 is 29.1 Å². The van der Waals surface area contributed by atoms with E-state index in [2.05, 4.69) is 20.8 Å². The van der Waals surface area contributed by atoms with E-state index < -0.39 is 23.3 Å². The summed E-state index contributed by atoms with van der Waals surface area (Å²) in [7, 11) is 0. The standard InChI is InChI=1S/C22H26ClFN6O3/c1-6-17(21(32)25-22(3,4)5)30(14-8-9-16(24)15(23)11-14)19(31)12-29-20(26-27-28-29)18-10-7-13(2)33-18/h7-11,17H,6,12H2,1-5H3,(H,25,32)/t17-/m1/s1. The van der Waals surface area contributed by atoms with E-state index in [1.165, 1.54) is 21.7 Å². The van der Waals surface area contributed by atoms with Gasteiger partial charge in [0.25, 0.3) is 0 Å². The minimum absolute atomic E-state index is 0.162. The molecule has 0 spiro atoms. The van der Waals surface area contributed by atoms with E-state index in [0.717, 1.165) is 6.07 Å². The number of nitrogens with one attached hydrogen (secondary N) is 1. The van der Waals surface area contributed by atoms with Crippen molar-refractivity contribution in [1.82, 2.24) is 25.5 Å². The number of aryl methyl sites for hydroxylation is 1. The van der Waals surface area contributed by atoms with Crippen LogP contribution in [0.5, 0.6) is 0 Å². The van der Waals surface area contributed by atoms with Gasteiger partial charge in [-0.25, -0.2) is 9.07 Å². The third-order valence-electron chi connectivity index (χ3n) is 4.73. The van der Waals surface area contributed by atoms with Crippen LogP contribution in [0.1, 0.15) is 39.9 Å². The van der Waals surface area contributed by atoms with E-state index >= 15 is 0 Å². The fourth-order valence-corrected chi connectivity index (χ4v) is 3.49. The number of benzene rings is 1. The van der Waals surface area contributed by atoms with Gasteiger partial charge in [-0.3, -0.25) is 14.5 Å². The number of carbonyl (C=O) groups excluding carboxylic acids is 2. The quantitative estimate of drug-likeness (QED) is 0.556. The Bertz CT molecular complexity index is 1150. The molecule has 2 heterocycles. The normalized spacial score (nSPS) is 12.5. The summed E-state index contributed by atoms with van der Waals surface area (Å²) >= 11 is 5.98. The second-order valence-electron chi connectivity index (χ2n) is 8.60. The minimum Gasteiger partial charge on any atom is -0.458 e. The highest BCUT2D eigenvalue weighted by Gasteiger charge is 2.33. The average molecular weight is 477 g/mol. The van der Waals surface area contributed by atoms with Gasteiger partial charge in [0.1, 0.15) is 24.2 Å². The molecule has 11 heteroatoms. The van der Waals surface area contributed by atoms with Crippen LogP contribution in [0, 0.1) is 12.7 Å². The molecule has 0 aliphatic rings. The van der Waals surface area contributed by atoms with Gasteiger partial charge in [-0.2, -0.15) is 0 Å². The lowest BCUT2D eigenvalue weighted by molar-refractivity contribution is -0.127. The Kier molecular flexibility index (Phi) is 7.16. The molecule has 1 aromatic carbocycles. The Morgan fingerprint density at radius 1 is 1.27 bits per heavy atom. The van der Waals surface area contributed by atoms with Gasteiger partial charge in [-0.1, -0.05) is 18.5 Å². The summed E-state index contributed by atoms with van der Waals surface area (Å²) in [6, 6.07) is 6.46. The highest BCUT2D eigenvalue weighted by molar-refractivity contribution is 6.31. The van der Waals surface area contributed by atoms with Crippen LogP contribution in [0.15, 0.2) is 34.7 Å². The van der Waals surface area contributed by atoms with Crippen molar-refractivity contribution in [3.05, 3.63) is 46.9 Å². The number of tetrazole rings is 1. The molecule has 0 bridgehead atoms. The number of carbonyl (C=O) groups is 2. The van der Waals surface area contributed by atoms with Crippen molar-refractivity contribution < 1.29 is 18.4 Å². The van der Waals surface area contributed by atoms with Crippen LogP contribution in [0.2, 0.25) is 5.02 Å². The van der Waals surface area contributed by atoms with Gasteiger partial charge in [-0.05, 0) is 74.9 Å². The SMILES string of the molecule is CC[C@H](C(=O)NC(C)(C)C)N(C(=O)Cn1nnnc1-c1ccc(C)o1)c1ccc(F)c(Cl)c1. The molecule has 176 valence electrons. The van der Waals surface area contributed by atoms with Gasteiger partial charge < -0.3 is 9.73 Å². The molecule has 2 amide bonds. The summed E-state index contributed by atoms with van der Waals surface area (Å²) in [4.78, 5) is 27.9. The molecule has 9 nitrogen and oxygen atoms in total. The van der Waals surface area contributed by atoms with E-state index in [1.54, 1.807) is 26.0 Å². The molecule has 0 unspecified atom stereocenters. The highest BCUT2D eigenvalue weighted by Crippen LogP contribution is 2.27. The van der Waals surface area contributed by atoms with E-state index in [-0.39, 0.29) is 29.0 Å². The zero-order valence-electron chi connectivity index (χ0n) is 19.1. The van der Waals surface area contributed by atoms with Gasteiger partial charge >= 0.3 is 0 Å². The number of aromatic nitrogens is 4. The molecular weight excluding hydrogens is 451 g/mol. The minimum atomic E-state index is -0.871. The van der Waals surface area contributed by atoms with Gasteiger partial charge in [0.2, 0.25) is 17.6 Å². The van der Waals surface area contributed by atoms with Crippen LogP contribution in [0.25, 0.3) is 11.6 Å². The lowest BCUT2D eigenvalue weighted by Gasteiger charge is -2.33. The molecule has 33 heavy (non-hydrogen) atoms. The van der Waals surface area contributed by atoms with Gasteiger partial charge in [0, 0.05) is 11.2 Å². The first-order chi connectivity index (χ1) is 15.5. The summed E-state index contributed by atoms with van der Waals surface area (Å²) < 4.78 is 20.7. The number of halogens is 2. The zero-order valence-corrected chi connectivity index (χ0v) is 19.9. The van der Waals surface area contributed by atoms with Crippen LogP contribution < -0.4 is 10.2 Å². The smallest absolute Gasteiger partial charge is 0.249 e. The van der Waals surface area contributed by atoms with Gasteiger partial charge in [0.15, 0.2) is 5.76 Å². The number of amides is 2. The van der Waals surface area contributed by atoms with Crippen LogP contribution in [0.3, 0.4) is 0 Å². The predicted molar refractivity (Wildman–Crippen MR) is 121 cm³/mol. The van der Waals surface area contributed by atoms with E-state index in [9.17, 15) is 14.0 Å². The Morgan fingerprint density at radius 2 is 2.00 bits per heavy atom. The summed E-state index contributed by atoms with van der Waals surface area (Å²) in [6.07, 6.45) is 0.308. The third-order valence-corrected chi connectivity index (χ3v) is 5.02. The average Bonchev–Trinajstić information content (AvgIpc) is 3.35. The van der Waals surface area contributed by atoms with Crippen molar-refractivity contribution in [2.45, 2.75) is 59.2 Å². The predicted octanol–water partition coefficient (Wildman–Crippen LogP) is 3.76. The van der Waals surface area contributed by atoms with E-state index in [4.69, 9.17) is 16.0 Å². The van der Waals surface area contributed by atoms with Crippen molar-refractivity contribution in [2.75, 3.05) is 4.90 Å². The number of anilines is 1. The second kappa shape index (κ2) is 9.70. The first kappa shape index (κ1) is 24.4. The van der Waals surface area contributed by atoms with Crippen molar-refractivity contribution in [2.24, 2.45) is 0 Å². The lowest BCUT2D eigenvalue weighted by Crippen LogP contribution is -2.54. The Morgan fingerprint density at radius 3 is 2.58 bits per heavy atom. The lowest BCUT2D eigenvalue weighted by atomic mass is 10.1. The first-order valence-corrected chi connectivity index (χ1v) is 10.8. The van der Waals surface area contributed by atoms with Gasteiger partial charge in [0.05, 0.1) is 5.02 Å². The largest absolute Gasteiger partial charge is 0.458 e. The first-order valence-electron chi connectivity index (χ1n) is 10.4. The summed E-state index contributed by atoms with van der Waals surface area (Å²) in [5.74, 6) is -0.128. The monoisotopic (exact) mass is 476 g/mol.